The molecule has 0 aliphatic heterocycles. The van der Waals surface area contributed by atoms with Crippen LogP contribution in [0.25, 0.3) is 0 Å². The summed E-state index contributed by atoms with van der Waals surface area (Å²) < 4.78 is 34.8. The highest BCUT2D eigenvalue weighted by Crippen LogP contribution is 2.34. The second-order valence-corrected chi connectivity index (χ2v) is 12.3. The molecule has 0 spiro atoms. The van der Waals surface area contributed by atoms with E-state index >= 15 is 0 Å². The number of benzene rings is 3. The molecule has 2 unspecified atom stereocenters. The Bertz CT molecular complexity index is 1470. The van der Waals surface area contributed by atoms with Crippen LogP contribution < -0.4 is 14.4 Å². The van der Waals surface area contributed by atoms with Crippen LogP contribution in [-0.4, -0.2) is 50.9 Å². The average molecular weight is 580 g/mol. The van der Waals surface area contributed by atoms with Crippen molar-refractivity contribution in [2.45, 2.75) is 71.5 Å². The van der Waals surface area contributed by atoms with Crippen molar-refractivity contribution in [1.82, 2.24) is 10.2 Å². The smallest absolute Gasteiger partial charge is 0.264 e. The lowest BCUT2D eigenvalue weighted by molar-refractivity contribution is -0.139. The van der Waals surface area contributed by atoms with Gasteiger partial charge in [-0.15, -0.1) is 0 Å². The van der Waals surface area contributed by atoms with E-state index in [9.17, 15) is 18.0 Å². The second-order valence-electron chi connectivity index (χ2n) is 10.4. The van der Waals surface area contributed by atoms with Gasteiger partial charge in [0, 0.05) is 12.6 Å². The quantitative estimate of drug-likeness (QED) is 0.320. The lowest BCUT2D eigenvalue weighted by atomic mass is 10.1. The molecule has 0 heterocycles. The van der Waals surface area contributed by atoms with Gasteiger partial charge in [-0.25, -0.2) is 8.42 Å². The second kappa shape index (κ2) is 13.7. The zero-order valence-electron chi connectivity index (χ0n) is 25.0. The van der Waals surface area contributed by atoms with Gasteiger partial charge in [0.2, 0.25) is 11.8 Å². The molecule has 2 amide bonds. The van der Waals surface area contributed by atoms with Crippen LogP contribution in [0.15, 0.2) is 71.6 Å². The normalized spacial score (nSPS) is 12.8. The van der Waals surface area contributed by atoms with Gasteiger partial charge in [-0.3, -0.25) is 13.9 Å². The van der Waals surface area contributed by atoms with Gasteiger partial charge in [0.15, 0.2) is 0 Å². The standard InChI is InChI=1S/C32H41N3O5S/c1-8-25(5)33-32(37)26(6)34(20-27-12-10-9-11-24(27)4)31(36)21-35(29-19-23(3)15-18-30(29)40-7)41(38,39)28-16-13-22(2)14-17-28/h9-19,25-26H,8,20-21H2,1-7H3,(H,33,37). The number of carbonyl (C=O) groups is 2. The number of anilines is 1. The molecule has 0 bridgehead atoms. The topological polar surface area (TPSA) is 96.0 Å². The Balaban J connectivity index is 2.11. The molecular formula is C32H41N3O5S. The van der Waals surface area contributed by atoms with Crippen LogP contribution in [0.4, 0.5) is 5.69 Å². The van der Waals surface area contributed by atoms with Crippen molar-refractivity contribution in [2.75, 3.05) is 18.0 Å². The molecule has 3 rings (SSSR count). The Morgan fingerprint density at radius 2 is 1.56 bits per heavy atom. The van der Waals surface area contributed by atoms with Crippen molar-refractivity contribution in [2.24, 2.45) is 0 Å². The third-order valence-electron chi connectivity index (χ3n) is 7.26. The van der Waals surface area contributed by atoms with Crippen molar-refractivity contribution < 1.29 is 22.7 Å². The lowest BCUT2D eigenvalue weighted by Crippen LogP contribution is -2.52. The highest BCUT2D eigenvalue weighted by atomic mass is 32.2. The number of nitrogens with zero attached hydrogens (tertiary/aromatic N) is 2. The van der Waals surface area contributed by atoms with E-state index in [1.807, 2.05) is 65.0 Å². The fourth-order valence-corrected chi connectivity index (χ4v) is 5.78. The van der Waals surface area contributed by atoms with Crippen LogP contribution in [0, 0.1) is 20.8 Å². The molecule has 0 aliphatic rings. The summed E-state index contributed by atoms with van der Waals surface area (Å²) in [6.45, 7) is 10.8. The van der Waals surface area contributed by atoms with E-state index in [2.05, 4.69) is 5.32 Å². The lowest BCUT2D eigenvalue weighted by Gasteiger charge is -2.33. The Morgan fingerprint density at radius 1 is 0.927 bits per heavy atom. The number of sulfonamides is 1. The summed E-state index contributed by atoms with van der Waals surface area (Å²) in [5, 5.41) is 2.95. The molecule has 0 radical (unpaired) electrons. The number of nitrogens with one attached hydrogen (secondary N) is 1. The summed E-state index contributed by atoms with van der Waals surface area (Å²) in [5.74, 6) is -0.506. The molecule has 0 saturated heterocycles. The molecule has 0 fully saturated rings. The summed E-state index contributed by atoms with van der Waals surface area (Å²) >= 11 is 0. The average Bonchev–Trinajstić information content (AvgIpc) is 2.95. The first-order valence-corrected chi connectivity index (χ1v) is 15.2. The fraction of sp³-hybridized carbons (Fsp3) is 0.375. The van der Waals surface area contributed by atoms with Crippen LogP contribution in [0.5, 0.6) is 5.75 Å². The first-order chi connectivity index (χ1) is 19.4. The van der Waals surface area contributed by atoms with Gasteiger partial charge in [-0.1, -0.05) is 55.0 Å². The number of ether oxygens (including phenoxy) is 1. The van der Waals surface area contributed by atoms with Crippen LogP contribution in [-0.2, 0) is 26.2 Å². The Morgan fingerprint density at radius 3 is 2.17 bits per heavy atom. The Hall–Kier alpha value is -3.85. The van der Waals surface area contributed by atoms with Gasteiger partial charge < -0.3 is 15.0 Å². The Kier molecular flexibility index (Phi) is 10.6. The molecule has 3 aromatic rings. The molecule has 2 atom stereocenters. The maximum Gasteiger partial charge on any atom is 0.264 e. The van der Waals surface area contributed by atoms with Crippen LogP contribution in [0.3, 0.4) is 0 Å². The molecule has 1 N–H and O–H groups in total. The number of aryl methyl sites for hydroxylation is 3. The molecule has 41 heavy (non-hydrogen) atoms. The zero-order valence-corrected chi connectivity index (χ0v) is 25.8. The van der Waals surface area contributed by atoms with Crippen molar-refractivity contribution in [3.63, 3.8) is 0 Å². The Labute approximate surface area is 244 Å². The summed E-state index contributed by atoms with van der Waals surface area (Å²) in [6, 6.07) is 18.4. The molecule has 0 aliphatic carbocycles. The van der Waals surface area contributed by atoms with E-state index in [1.165, 1.54) is 24.1 Å². The van der Waals surface area contributed by atoms with Gasteiger partial charge in [0.05, 0.1) is 17.7 Å². The van der Waals surface area contributed by atoms with Crippen molar-refractivity contribution in [3.8, 4) is 5.75 Å². The molecule has 220 valence electrons. The summed E-state index contributed by atoms with van der Waals surface area (Å²) in [5.41, 5.74) is 3.78. The fourth-order valence-electron chi connectivity index (χ4n) is 4.36. The van der Waals surface area contributed by atoms with E-state index in [-0.39, 0.29) is 29.1 Å². The number of methoxy groups -OCH3 is 1. The number of rotatable bonds is 12. The van der Waals surface area contributed by atoms with Crippen molar-refractivity contribution in [1.29, 1.82) is 0 Å². The third-order valence-corrected chi connectivity index (χ3v) is 9.04. The van der Waals surface area contributed by atoms with Crippen molar-refractivity contribution in [3.05, 3.63) is 89.0 Å². The minimum Gasteiger partial charge on any atom is -0.495 e. The predicted octanol–water partition coefficient (Wildman–Crippen LogP) is 5.15. The minimum absolute atomic E-state index is 0.0486. The van der Waals surface area contributed by atoms with E-state index in [0.29, 0.717) is 5.75 Å². The SMILES string of the molecule is CCC(C)NC(=O)C(C)N(Cc1ccccc1C)C(=O)CN(c1cc(C)ccc1OC)S(=O)(=O)c1ccc(C)cc1. The zero-order chi connectivity index (χ0) is 30.3. The molecule has 0 aromatic heterocycles. The maximum absolute atomic E-state index is 14.2. The maximum atomic E-state index is 14.2. The van der Waals surface area contributed by atoms with Gasteiger partial charge >= 0.3 is 0 Å². The summed E-state index contributed by atoms with van der Waals surface area (Å²) in [4.78, 5) is 28.9. The van der Waals surface area contributed by atoms with Gasteiger partial charge in [0.1, 0.15) is 18.3 Å². The first-order valence-electron chi connectivity index (χ1n) is 13.8. The summed E-state index contributed by atoms with van der Waals surface area (Å²) in [6.07, 6.45) is 0.736. The molecule has 8 nitrogen and oxygen atoms in total. The number of hydrogen-bond donors (Lipinski definition) is 1. The molecule has 0 saturated carbocycles. The number of amides is 2. The largest absolute Gasteiger partial charge is 0.495 e. The van der Waals surface area contributed by atoms with E-state index < -0.39 is 28.5 Å². The van der Waals surface area contributed by atoms with Crippen LogP contribution >= 0.6 is 0 Å². The van der Waals surface area contributed by atoms with Gasteiger partial charge in [0.25, 0.3) is 10.0 Å². The van der Waals surface area contributed by atoms with E-state index in [4.69, 9.17) is 4.74 Å². The van der Waals surface area contributed by atoms with E-state index in [1.54, 1.807) is 31.2 Å². The monoisotopic (exact) mass is 579 g/mol. The molecular weight excluding hydrogens is 538 g/mol. The minimum atomic E-state index is -4.19. The molecule has 9 heteroatoms. The predicted molar refractivity (Wildman–Crippen MR) is 163 cm³/mol. The van der Waals surface area contributed by atoms with Crippen molar-refractivity contribution >= 4 is 27.5 Å². The number of hydrogen-bond acceptors (Lipinski definition) is 5. The highest BCUT2D eigenvalue weighted by molar-refractivity contribution is 7.92. The first kappa shape index (κ1) is 31.7. The van der Waals surface area contributed by atoms with Gasteiger partial charge in [-0.2, -0.15) is 0 Å². The van der Waals surface area contributed by atoms with Gasteiger partial charge in [-0.05, 0) is 82.0 Å². The summed E-state index contributed by atoms with van der Waals surface area (Å²) in [7, 11) is -2.74. The van der Waals surface area contributed by atoms with Crippen LogP contribution in [0.1, 0.15) is 49.4 Å². The number of carbonyl (C=O) groups excluding carboxylic acids is 2. The van der Waals surface area contributed by atoms with Crippen LogP contribution in [0.2, 0.25) is 0 Å². The third kappa shape index (κ3) is 7.67. The van der Waals surface area contributed by atoms with E-state index in [0.717, 1.165) is 33.0 Å². The highest BCUT2D eigenvalue weighted by Gasteiger charge is 2.34. The molecule has 3 aromatic carbocycles.